The maximum Gasteiger partial charge on any atom is 0.124 e. The van der Waals surface area contributed by atoms with Gasteiger partial charge < -0.3 is 5.32 Å². The van der Waals surface area contributed by atoms with E-state index in [0.717, 1.165) is 15.8 Å². The minimum atomic E-state index is -0.198. The van der Waals surface area contributed by atoms with Crippen LogP contribution >= 0.6 is 22.6 Å². The van der Waals surface area contributed by atoms with Gasteiger partial charge >= 0.3 is 0 Å². The molecule has 2 aromatic carbocycles. The van der Waals surface area contributed by atoms with Crippen molar-refractivity contribution in [3.63, 3.8) is 0 Å². The fourth-order valence-corrected chi connectivity index (χ4v) is 2.67. The molecule has 0 saturated heterocycles. The molecule has 0 unspecified atom stereocenters. The average molecular weight is 355 g/mol. The van der Waals surface area contributed by atoms with Gasteiger partial charge in [-0.2, -0.15) is 0 Å². The molecule has 0 aliphatic heterocycles. The Kier molecular flexibility index (Phi) is 4.22. The highest BCUT2D eigenvalue weighted by atomic mass is 127. The van der Waals surface area contributed by atoms with Crippen LogP contribution in [0.4, 0.5) is 10.1 Å². The molecule has 0 fully saturated rings. The molecular formula is C15H15FIN. The smallest absolute Gasteiger partial charge is 0.124 e. The number of hydrogen-bond acceptors (Lipinski definition) is 1. The molecule has 1 N–H and O–H groups in total. The van der Waals surface area contributed by atoms with Crippen molar-refractivity contribution in [2.75, 3.05) is 5.32 Å². The Bertz CT molecular complexity index is 546. The number of halogens is 2. The van der Waals surface area contributed by atoms with E-state index >= 15 is 0 Å². The molecule has 3 heteroatoms. The summed E-state index contributed by atoms with van der Waals surface area (Å²) in [4.78, 5) is 0. The number of rotatable bonds is 3. The van der Waals surface area contributed by atoms with Crippen LogP contribution in [0.1, 0.15) is 16.7 Å². The predicted molar refractivity (Wildman–Crippen MR) is 82.4 cm³/mol. The lowest BCUT2D eigenvalue weighted by atomic mass is 10.1. The molecule has 1 nitrogen and oxygen atoms in total. The van der Waals surface area contributed by atoms with Crippen LogP contribution < -0.4 is 5.32 Å². The molecule has 0 spiro atoms. The second-order valence-electron chi connectivity index (χ2n) is 4.47. The Morgan fingerprint density at radius 3 is 2.33 bits per heavy atom. The van der Waals surface area contributed by atoms with Gasteiger partial charge in [-0.25, -0.2) is 4.39 Å². The van der Waals surface area contributed by atoms with Crippen LogP contribution in [0.5, 0.6) is 0 Å². The first-order valence-corrected chi connectivity index (χ1v) is 6.88. The number of aryl methyl sites for hydroxylation is 2. The highest BCUT2D eigenvalue weighted by molar-refractivity contribution is 14.1. The molecule has 0 aliphatic rings. The highest BCUT2D eigenvalue weighted by Gasteiger charge is 2.02. The Hall–Kier alpha value is -1.10. The average Bonchev–Trinajstić information content (AvgIpc) is 2.26. The van der Waals surface area contributed by atoms with Crippen LogP contribution in [-0.4, -0.2) is 0 Å². The largest absolute Gasteiger partial charge is 0.380 e. The van der Waals surface area contributed by atoms with E-state index in [-0.39, 0.29) is 5.82 Å². The van der Waals surface area contributed by atoms with E-state index in [9.17, 15) is 4.39 Å². The van der Waals surface area contributed by atoms with Crippen molar-refractivity contribution >= 4 is 28.3 Å². The molecule has 0 bridgehead atoms. The summed E-state index contributed by atoms with van der Waals surface area (Å²) in [6.07, 6.45) is 0. The van der Waals surface area contributed by atoms with Crippen LogP contribution in [0.2, 0.25) is 0 Å². The summed E-state index contributed by atoms with van der Waals surface area (Å²) >= 11 is 2.14. The molecule has 0 amide bonds. The topological polar surface area (TPSA) is 12.0 Å². The lowest BCUT2D eigenvalue weighted by molar-refractivity contribution is 0.627. The zero-order chi connectivity index (χ0) is 13.1. The first-order chi connectivity index (χ1) is 8.54. The van der Waals surface area contributed by atoms with Gasteiger partial charge in [-0.05, 0) is 60.2 Å². The minimum Gasteiger partial charge on any atom is -0.380 e. The van der Waals surface area contributed by atoms with E-state index in [1.165, 1.54) is 28.8 Å². The van der Waals surface area contributed by atoms with E-state index in [1.807, 2.05) is 0 Å². The monoisotopic (exact) mass is 355 g/mol. The van der Waals surface area contributed by atoms with Crippen LogP contribution in [0, 0.1) is 23.2 Å². The van der Waals surface area contributed by atoms with Gasteiger partial charge in [-0.1, -0.05) is 29.3 Å². The minimum absolute atomic E-state index is 0.198. The van der Waals surface area contributed by atoms with Gasteiger partial charge in [-0.3, -0.25) is 0 Å². The van der Waals surface area contributed by atoms with E-state index in [0.29, 0.717) is 0 Å². The Balaban J connectivity index is 2.11. The predicted octanol–water partition coefficient (Wildman–Crippen LogP) is 4.66. The summed E-state index contributed by atoms with van der Waals surface area (Å²) in [5.74, 6) is -0.198. The molecule has 2 rings (SSSR count). The molecule has 94 valence electrons. The number of nitrogens with one attached hydrogen (secondary N) is 1. The number of anilines is 1. The van der Waals surface area contributed by atoms with Gasteiger partial charge in [0.2, 0.25) is 0 Å². The van der Waals surface area contributed by atoms with Gasteiger partial charge in [0, 0.05) is 15.8 Å². The summed E-state index contributed by atoms with van der Waals surface area (Å²) in [7, 11) is 0. The fourth-order valence-electron chi connectivity index (χ4n) is 2.00. The van der Waals surface area contributed by atoms with Gasteiger partial charge in [0.1, 0.15) is 5.82 Å². The van der Waals surface area contributed by atoms with Gasteiger partial charge in [0.05, 0.1) is 0 Å². The first-order valence-electron chi connectivity index (χ1n) is 5.81. The third-order valence-corrected chi connectivity index (χ3v) is 3.59. The van der Waals surface area contributed by atoms with Crippen molar-refractivity contribution in [1.82, 2.24) is 0 Å². The van der Waals surface area contributed by atoms with E-state index in [4.69, 9.17) is 0 Å². The van der Waals surface area contributed by atoms with Crippen molar-refractivity contribution in [2.45, 2.75) is 20.4 Å². The van der Waals surface area contributed by atoms with E-state index < -0.39 is 0 Å². The van der Waals surface area contributed by atoms with Crippen LogP contribution in [-0.2, 0) is 6.54 Å². The maximum absolute atomic E-state index is 13.0. The number of benzene rings is 2. The van der Waals surface area contributed by atoms with Crippen molar-refractivity contribution in [2.24, 2.45) is 0 Å². The molecule has 0 atom stereocenters. The zero-order valence-electron chi connectivity index (χ0n) is 10.4. The van der Waals surface area contributed by atoms with Gasteiger partial charge in [-0.15, -0.1) is 0 Å². The SMILES string of the molecule is Cc1cc(C)cc(CNc2ccc(F)cc2I)c1. The molecule has 0 aromatic heterocycles. The third-order valence-electron chi connectivity index (χ3n) is 2.70. The molecule has 2 aromatic rings. The van der Waals surface area contributed by atoms with Crippen molar-refractivity contribution < 1.29 is 4.39 Å². The molecule has 0 saturated carbocycles. The van der Waals surface area contributed by atoms with Crippen molar-refractivity contribution in [3.8, 4) is 0 Å². The molecule has 0 aliphatic carbocycles. The zero-order valence-corrected chi connectivity index (χ0v) is 12.6. The lowest BCUT2D eigenvalue weighted by Gasteiger charge is -2.10. The van der Waals surface area contributed by atoms with Crippen LogP contribution in [0.25, 0.3) is 0 Å². The third kappa shape index (κ3) is 3.45. The summed E-state index contributed by atoms with van der Waals surface area (Å²) in [5, 5.41) is 3.34. The van der Waals surface area contributed by atoms with Gasteiger partial charge in [0.25, 0.3) is 0 Å². The second kappa shape index (κ2) is 5.69. The lowest BCUT2D eigenvalue weighted by Crippen LogP contribution is -2.02. The quantitative estimate of drug-likeness (QED) is 0.790. The fraction of sp³-hybridized carbons (Fsp3) is 0.200. The molecule has 0 radical (unpaired) electrons. The Labute approximate surface area is 121 Å². The maximum atomic E-state index is 13.0. The molecular weight excluding hydrogens is 340 g/mol. The van der Waals surface area contributed by atoms with E-state index in [1.54, 1.807) is 6.07 Å². The normalized spacial score (nSPS) is 10.4. The Morgan fingerprint density at radius 1 is 1.06 bits per heavy atom. The summed E-state index contributed by atoms with van der Waals surface area (Å²) < 4.78 is 13.9. The molecule has 18 heavy (non-hydrogen) atoms. The van der Waals surface area contributed by atoms with Crippen LogP contribution in [0.3, 0.4) is 0 Å². The summed E-state index contributed by atoms with van der Waals surface area (Å²) in [5.41, 5.74) is 4.74. The summed E-state index contributed by atoms with van der Waals surface area (Å²) in [6.45, 7) is 4.94. The first kappa shape index (κ1) is 13.3. The standard InChI is InChI=1S/C15H15FIN/c1-10-5-11(2)7-12(6-10)9-18-15-4-3-13(16)8-14(15)17/h3-8,18H,9H2,1-2H3. The van der Waals surface area contributed by atoms with Crippen LogP contribution in [0.15, 0.2) is 36.4 Å². The Morgan fingerprint density at radius 2 is 1.72 bits per heavy atom. The van der Waals surface area contributed by atoms with Crippen molar-refractivity contribution in [3.05, 3.63) is 62.5 Å². The molecule has 0 heterocycles. The van der Waals surface area contributed by atoms with E-state index in [2.05, 4.69) is 60.0 Å². The number of hydrogen-bond donors (Lipinski definition) is 1. The van der Waals surface area contributed by atoms with Crippen molar-refractivity contribution in [1.29, 1.82) is 0 Å². The highest BCUT2D eigenvalue weighted by Crippen LogP contribution is 2.20. The summed E-state index contributed by atoms with van der Waals surface area (Å²) in [6, 6.07) is 11.3. The second-order valence-corrected chi connectivity index (χ2v) is 5.64. The van der Waals surface area contributed by atoms with Gasteiger partial charge in [0.15, 0.2) is 0 Å².